The van der Waals surface area contributed by atoms with Gasteiger partial charge in [-0.15, -0.1) is 0 Å². The number of H-pyrrole nitrogens is 1. The highest BCUT2D eigenvalue weighted by molar-refractivity contribution is 7.89. The first-order chi connectivity index (χ1) is 16.4. The van der Waals surface area contributed by atoms with E-state index >= 15 is 0 Å². The monoisotopic (exact) mass is 476 g/mol. The molecule has 176 valence electrons. The number of primary sulfonamides is 1. The van der Waals surface area contributed by atoms with Gasteiger partial charge in [-0.05, 0) is 60.2 Å². The first kappa shape index (κ1) is 22.7. The number of aromatic amines is 1. The fraction of sp³-hybridized carbons (Fsp3) is 0.280. The van der Waals surface area contributed by atoms with Crippen molar-refractivity contribution < 1.29 is 8.42 Å². The lowest BCUT2D eigenvalue weighted by Gasteiger charge is -2.35. The van der Waals surface area contributed by atoms with Gasteiger partial charge in [-0.3, -0.25) is 9.88 Å². The highest BCUT2D eigenvalue weighted by Crippen LogP contribution is 2.35. The van der Waals surface area contributed by atoms with E-state index < -0.39 is 10.0 Å². The number of hydrogen-bond acceptors (Lipinski definition) is 6. The van der Waals surface area contributed by atoms with Crippen LogP contribution in [0.25, 0.3) is 11.0 Å². The third-order valence-corrected chi connectivity index (χ3v) is 7.44. The van der Waals surface area contributed by atoms with E-state index in [4.69, 9.17) is 20.8 Å². The molecule has 4 aromatic rings. The Labute approximate surface area is 199 Å². The summed E-state index contributed by atoms with van der Waals surface area (Å²) in [6, 6.07) is 17.3. The Balaban J connectivity index is 1.56. The molecular weight excluding hydrogens is 448 g/mol. The number of aryl methyl sites for hydroxylation is 1. The molecule has 1 atom stereocenters. The predicted molar refractivity (Wildman–Crippen MR) is 131 cm³/mol. The Hall–Kier alpha value is -3.11. The van der Waals surface area contributed by atoms with E-state index in [1.165, 1.54) is 5.56 Å². The Bertz CT molecular complexity index is 1400. The molecule has 8 nitrogen and oxygen atoms in total. The van der Waals surface area contributed by atoms with E-state index in [0.29, 0.717) is 18.7 Å². The molecule has 0 saturated heterocycles. The summed E-state index contributed by atoms with van der Waals surface area (Å²) in [4.78, 5) is 15.2. The highest BCUT2D eigenvalue weighted by atomic mass is 32.2. The van der Waals surface area contributed by atoms with Crippen LogP contribution >= 0.6 is 0 Å². The second-order valence-corrected chi connectivity index (χ2v) is 10.3. The highest BCUT2D eigenvalue weighted by Gasteiger charge is 2.29. The van der Waals surface area contributed by atoms with Gasteiger partial charge in [0, 0.05) is 19.3 Å². The molecule has 2 aromatic heterocycles. The van der Waals surface area contributed by atoms with Crippen molar-refractivity contribution in [3.05, 3.63) is 89.0 Å². The molecule has 0 bridgehead atoms. The molecule has 34 heavy (non-hydrogen) atoms. The van der Waals surface area contributed by atoms with Gasteiger partial charge in [0.25, 0.3) is 0 Å². The Morgan fingerprint density at radius 1 is 1.09 bits per heavy atom. The van der Waals surface area contributed by atoms with Crippen molar-refractivity contribution in [2.24, 2.45) is 10.9 Å². The zero-order valence-corrected chi connectivity index (χ0v) is 19.6. The number of nitrogens with one attached hydrogen (secondary N) is 1. The third kappa shape index (κ3) is 4.60. The number of fused-ring (bicyclic) bond motifs is 2. The number of pyridine rings is 1. The molecule has 0 fully saturated rings. The summed E-state index contributed by atoms with van der Waals surface area (Å²) in [6.45, 7) is 1.14. The minimum absolute atomic E-state index is 0.0284. The van der Waals surface area contributed by atoms with Gasteiger partial charge in [0.1, 0.15) is 5.82 Å². The molecule has 1 aliphatic carbocycles. The fourth-order valence-corrected chi connectivity index (χ4v) is 5.64. The average molecular weight is 477 g/mol. The van der Waals surface area contributed by atoms with Gasteiger partial charge in [-0.25, -0.2) is 18.5 Å². The standard InChI is InChI=1S/C25H28N6O2S/c26-14-17-10-11-19(23(13-17)34(27,32)33)15-31(16-24-29-20-7-1-2-8-21(20)30-24)22-9-3-5-18-6-4-12-28-25(18)22/h1-2,4,6-8,10-13,22H,3,5,9,14-16,26H2,(H,29,30)(H2,27,32,33). The third-order valence-electron chi connectivity index (χ3n) is 6.44. The van der Waals surface area contributed by atoms with E-state index in [1.54, 1.807) is 6.07 Å². The summed E-state index contributed by atoms with van der Waals surface area (Å²) >= 11 is 0. The molecule has 5 rings (SSSR count). The number of hydrogen-bond donors (Lipinski definition) is 3. The quantitative estimate of drug-likeness (QED) is 0.376. The normalized spacial score (nSPS) is 16.1. The van der Waals surface area contributed by atoms with Crippen LogP contribution in [0.3, 0.4) is 0 Å². The molecule has 0 amide bonds. The molecular formula is C25H28N6O2S. The van der Waals surface area contributed by atoms with E-state index in [9.17, 15) is 8.42 Å². The smallest absolute Gasteiger partial charge is 0.238 e. The minimum Gasteiger partial charge on any atom is -0.341 e. The Kier molecular flexibility index (Phi) is 6.18. The van der Waals surface area contributed by atoms with Crippen LogP contribution in [0.1, 0.15) is 47.1 Å². The van der Waals surface area contributed by atoms with E-state index in [2.05, 4.69) is 16.0 Å². The van der Waals surface area contributed by atoms with Crippen LogP contribution in [-0.4, -0.2) is 28.3 Å². The number of imidazole rings is 1. The lowest BCUT2D eigenvalue weighted by Crippen LogP contribution is -2.32. The lowest BCUT2D eigenvalue weighted by molar-refractivity contribution is 0.152. The minimum atomic E-state index is -3.92. The largest absolute Gasteiger partial charge is 0.341 e. The van der Waals surface area contributed by atoms with Crippen LogP contribution in [0.15, 0.2) is 65.7 Å². The number of nitrogens with two attached hydrogens (primary N) is 2. The van der Waals surface area contributed by atoms with Gasteiger partial charge in [-0.2, -0.15) is 0 Å². The summed E-state index contributed by atoms with van der Waals surface area (Å²) in [5.41, 5.74) is 11.3. The van der Waals surface area contributed by atoms with Gasteiger partial charge < -0.3 is 10.7 Å². The molecule has 0 spiro atoms. The van der Waals surface area contributed by atoms with Crippen LogP contribution in [0.2, 0.25) is 0 Å². The van der Waals surface area contributed by atoms with E-state index in [1.807, 2.05) is 48.7 Å². The van der Waals surface area contributed by atoms with Crippen molar-refractivity contribution in [3.63, 3.8) is 0 Å². The summed E-state index contributed by atoms with van der Waals surface area (Å²) in [5, 5.41) is 5.60. The summed E-state index contributed by atoms with van der Waals surface area (Å²) < 4.78 is 24.9. The van der Waals surface area contributed by atoms with Crippen LogP contribution < -0.4 is 10.9 Å². The van der Waals surface area contributed by atoms with Crippen molar-refractivity contribution >= 4 is 21.1 Å². The van der Waals surface area contributed by atoms with Gasteiger partial charge in [0.05, 0.1) is 34.2 Å². The van der Waals surface area contributed by atoms with Gasteiger partial charge in [0.2, 0.25) is 10.0 Å². The van der Waals surface area contributed by atoms with E-state index in [0.717, 1.165) is 47.4 Å². The van der Waals surface area contributed by atoms with Crippen LogP contribution in [-0.2, 0) is 36.1 Å². The number of benzene rings is 2. The van der Waals surface area contributed by atoms with Crippen molar-refractivity contribution in [2.45, 2.75) is 49.8 Å². The maximum absolute atomic E-state index is 12.4. The predicted octanol–water partition coefficient (Wildman–Crippen LogP) is 3.14. The van der Waals surface area contributed by atoms with E-state index in [-0.39, 0.29) is 17.5 Å². The molecule has 5 N–H and O–H groups in total. The number of aromatic nitrogens is 3. The maximum Gasteiger partial charge on any atom is 0.238 e. The molecule has 1 unspecified atom stereocenters. The summed E-state index contributed by atoms with van der Waals surface area (Å²) in [7, 11) is -3.92. The van der Waals surface area contributed by atoms with Gasteiger partial charge >= 0.3 is 0 Å². The van der Waals surface area contributed by atoms with Crippen LogP contribution in [0.5, 0.6) is 0 Å². The number of nitrogens with zero attached hydrogens (tertiary/aromatic N) is 3. The average Bonchev–Trinajstić information content (AvgIpc) is 3.25. The molecule has 0 radical (unpaired) electrons. The Morgan fingerprint density at radius 3 is 2.74 bits per heavy atom. The second kappa shape index (κ2) is 9.27. The molecule has 2 aromatic carbocycles. The topological polar surface area (TPSA) is 131 Å². The second-order valence-electron chi connectivity index (χ2n) is 8.75. The van der Waals surface area contributed by atoms with Crippen molar-refractivity contribution in [2.75, 3.05) is 0 Å². The van der Waals surface area contributed by atoms with Crippen molar-refractivity contribution in [1.29, 1.82) is 0 Å². The SMILES string of the molecule is NCc1ccc(CN(Cc2nc3ccccc3[nH]2)C2CCCc3cccnc32)c(S(N)(=O)=O)c1. The fourth-order valence-electron chi connectivity index (χ4n) is 4.83. The lowest BCUT2D eigenvalue weighted by atomic mass is 9.90. The Morgan fingerprint density at radius 2 is 1.94 bits per heavy atom. The van der Waals surface area contributed by atoms with Gasteiger partial charge in [0.15, 0.2) is 0 Å². The number of rotatable bonds is 7. The summed E-state index contributed by atoms with van der Waals surface area (Å²) in [5.74, 6) is 0.819. The first-order valence-corrected chi connectivity index (χ1v) is 12.9. The van der Waals surface area contributed by atoms with Gasteiger partial charge in [-0.1, -0.05) is 30.3 Å². The zero-order valence-electron chi connectivity index (χ0n) is 18.8. The molecule has 2 heterocycles. The van der Waals surface area contributed by atoms with Crippen LogP contribution in [0, 0.1) is 0 Å². The van der Waals surface area contributed by atoms with Crippen molar-refractivity contribution in [3.8, 4) is 0 Å². The zero-order chi connectivity index (χ0) is 23.7. The molecule has 0 aliphatic heterocycles. The molecule has 1 aliphatic rings. The number of sulfonamides is 1. The first-order valence-electron chi connectivity index (χ1n) is 11.4. The van der Waals surface area contributed by atoms with Crippen LogP contribution in [0.4, 0.5) is 0 Å². The molecule has 0 saturated carbocycles. The molecule has 9 heteroatoms. The maximum atomic E-state index is 12.4. The van der Waals surface area contributed by atoms with Crippen molar-refractivity contribution in [1.82, 2.24) is 19.9 Å². The number of para-hydroxylation sites is 2. The summed E-state index contributed by atoms with van der Waals surface area (Å²) in [6.07, 6.45) is 4.78.